The van der Waals surface area contributed by atoms with Gasteiger partial charge in [0.25, 0.3) is 5.91 Å². The van der Waals surface area contributed by atoms with Gasteiger partial charge in [-0.3, -0.25) is 9.59 Å². The lowest BCUT2D eigenvalue weighted by Gasteiger charge is -2.17. The fourth-order valence-electron chi connectivity index (χ4n) is 3.68. The number of carbonyl (C=O) groups excluding carboxylic acids is 2. The van der Waals surface area contributed by atoms with E-state index in [1.807, 2.05) is 25.1 Å². The minimum Gasteiger partial charge on any atom is -0.490 e. The molecule has 6 nitrogen and oxygen atoms in total. The fourth-order valence-corrected chi connectivity index (χ4v) is 3.68. The molecule has 1 N–H and O–H groups in total. The summed E-state index contributed by atoms with van der Waals surface area (Å²) in [4.78, 5) is 25.2. The highest BCUT2D eigenvalue weighted by atomic mass is 16.5. The van der Waals surface area contributed by atoms with Gasteiger partial charge < -0.3 is 19.2 Å². The van der Waals surface area contributed by atoms with Crippen molar-refractivity contribution >= 4 is 11.7 Å². The van der Waals surface area contributed by atoms with Crippen LogP contribution in [-0.2, 0) is 6.42 Å². The molecule has 27 heavy (non-hydrogen) atoms. The predicted molar refractivity (Wildman–Crippen MR) is 98.6 cm³/mol. The molecule has 1 amide bonds. The summed E-state index contributed by atoms with van der Waals surface area (Å²) in [6.07, 6.45) is 2.78. The van der Waals surface area contributed by atoms with Crippen LogP contribution in [0.4, 0.5) is 0 Å². The van der Waals surface area contributed by atoms with Gasteiger partial charge in [0.05, 0.1) is 30.4 Å². The van der Waals surface area contributed by atoms with Gasteiger partial charge in [-0.15, -0.1) is 0 Å². The van der Waals surface area contributed by atoms with E-state index in [0.29, 0.717) is 54.5 Å². The smallest absolute Gasteiger partial charge is 0.256 e. The Kier molecular flexibility index (Phi) is 4.64. The molecule has 0 fully saturated rings. The van der Waals surface area contributed by atoms with Crippen LogP contribution >= 0.6 is 0 Å². The summed E-state index contributed by atoms with van der Waals surface area (Å²) in [5.74, 6) is 2.25. The molecule has 1 aromatic heterocycles. The number of nitrogens with one attached hydrogen (secondary N) is 1. The van der Waals surface area contributed by atoms with Crippen LogP contribution in [0.2, 0.25) is 0 Å². The van der Waals surface area contributed by atoms with Crippen LogP contribution in [0.25, 0.3) is 0 Å². The third-order valence-electron chi connectivity index (χ3n) is 5.09. The van der Waals surface area contributed by atoms with E-state index in [4.69, 9.17) is 13.9 Å². The molecule has 1 aromatic carbocycles. The first-order valence-corrected chi connectivity index (χ1v) is 9.40. The number of ketones is 1. The van der Waals surface area contributed by atoms with Gasteiger partial charge >= 0.3 is 0 Å². The molecule has 6 heteroatoms. The van der Waals surface area contributed by atoms with Crippen LogP contribution in [-0.4, -0.2) is 24.9 Å². The molecule has 1 aliphatic carbocycles. The number of hydrogen-bond donors (Lipinski definition) is 1. The summed E-state index contributed by atoms with van der Waals surface area (Å²) in [7, 11) is 0. The largest absolute Gasteiger partial charge is 0.490 e. The lowest BCUT2D eigenvalue weighted by Crippen LogP contribution is -2.28. The van der Waals surface area contributed by atoms with Gasteiger partial charge in [-0.05, 0) is 38.0 Å². The van der Waals surface area contributed by atoms with Crippen LogP contribution in [0.1, 0.15) is 70.0 Å². The van der Waals surface area contributed by atoms with E-state index in [0.717, 1.165) is 24.2 Å². The molecule has 1 unspecified atom stereocenters. The SMILES string of the molecule is Cc1oc2c(c1C(=O)NC(C)c1ccc3c(c1)OCCCO3)C(=O)CCC2. The van der Waals surface area contributed by atoms with Crippen molar-refractivity contribution in [1.82, 2.24) is 5.32 Å². The maximum Gasteiger partial charge on any atom is 0.256 e. The Balaban J connectivity index is 1.56. The average molecular weight is 369 g/mol. The van der Waals surface area contributed by atoms with Gasteiger partial charge in [-0.1, -0.05) is 6.07 Å². The van der Waals surface area contributed by atoms with E-state index in [2.05, 4.69) is 5.32 Å². The summed E-state index contributed by atoms with van der Waals surface area (Å²) in [6.45, 7) is 4.89. The zero-order valence-corrected chi connectivity index (χ0v) is 15.6. The number of hydrogen-bond acceptors (Lipinski definition) is 5. The molecule has 2 aliphatic rings. The van der Waals surface area contributed by atoms with Crippen molar-refractivity contribution in [1.29, 1.82) is 0 Å². The van der Waals surface area contributed by atoms with E-state index in [-0.39, 0.29) is 17.7 Å². The lowest BCUT2D eigenvalue weighted by atomic mass is 9.93. The molecule has 2 aromatic rings. The lowest BCUT2D eigenvalue weighted by molar-refractivity contribution is 0.0918. The van der Waals surface area contributed by atoms with Crippen LogP contribution < -0.4 is 14.8 Å². The standard InChI is InChI=1S/C21H23NO5/c1-12(14-7-8-16-18(11-14)26-10-4-9-25-16)22-21(24)19-13(2)27-17-6-3-5-15(23)20(17)19/h7-8,11-12H,3-6,9-10H2,1-2H3,(H,22,24). The Morgan fingerprint density at radius 1 is 1.11 bits per heavy atom. The van der Waals surface area contributed by atoms with E-state index in [1.54, 1.807) is 6.92 Å². The summed E-state index contributed by atoms with van der Waals surface area (Å²) >= 11 is 0. The molecule has 1 atom stereocenters. The highest BCUT2D eigenvalue weighted by molar-refractivity contribution is 6.10. The van der Waals surface area contributed by atoms with E-state index < -0.39 is 0 Å². The quantitative estimate of drug-likeness (QED) is 0.891. The first-order valence-electron chi connectivity index (χ1n) is 9.40. The zero-order chi connectivity index (χ0) is 19.0. The molecule has 1 aliphatic heterocycles. The molecule has 0 spiro atoms. The molecule has 2 heterocycles. The second kappa shape index (κ2) is 7.10. The number of benzene rings is 1. The van der Waals surface area contributed by atoms with Crippen molar-refractivity contribution in [3.8, 4) is 11.5 Å². The number of furan rings is 1. The summed E-state index contributed by atoms with van der Waals surface area (Å²) < 4.78 is 17.1. The van der Waals surface area contributed by atoms with E-state index in [1.165, 1.54) is 0 Å². The van der Waals surface area contributed by atoms with Crippen LogP contribution in [0.3, 0.4) is 0 Å². The molecule has 0 saturated heterocycles. The number of fused-ring (bicyclic) bond motifs is 2. The predicted octanol–water partition coefficient (Wildman–Crippen LogP) is 3.76. The second-order valence-corrected chi connectivity index (χ2v) is 7.06. The third kappa shape index (κ3) is 3.31. The number of aryl methyl sites for hydroxylation is 2. The van der Waals surface area contributed by atoms with Gasteiger partial charge in [-0.25, -0.2) is 0 Å². The Morgan fingerprint density at radius 2 is 1.89 bits per heavy atom. The number of amides is 1. The number of rotatable bonds is 3. The Labute approximate surface area is 157 Å². The second-order valence-electron chi connectivity index (χ2n) is 7.06. The van der Waals surface area contributed by atoms with E-state index in [9.17, 15) is 9.59 Å². The highest BCUT2D eigenvalue weighted by Crippen LogP contribution is 2.33. The maximum absolute atomic E-state index is 12.9. The Bertz CT molecular complexity index is 898. The Morgan fingerprint density at radius 3 is 2.70 bits per heavy atom. The van der Waals surface area contributed by atoms with Crippen molar-refractivity contribution < 1.29 is 23.5 Å². The maximum atomic E-state index is 12.9. The minimum absolute atomic E-state index is 0.0125. The van der Waals surface area contributed by atoms with E-state index >= 15 is 0 Å². The summed E-state index contributed by atoms with van der Waals surface area (Å²) in [5.41, 5.74) is 1.74. The van der Waals surface area contributed by atoms with Gasteiger partial charge in [0.15, 0.2) is 17.3 Å². The van der Waals surface area contributed by atoms with Crippen molar-refractivity contribution in [3.05, 3.63) is 46.4 Å². The fraction of sp³-hybridized carbons (Fsp3) is 0.429. The van der Waals surface area contributed by atoms with Crippen LogP contribution in [0, 0.1) is 6.92 Å². The highest BCUT2D eigenvalue weighted by Gasteiger charge is 2.31. The van der Waals surface area contributed by atoms with Gasteiger partial charge in [0.2, 0.25) is 0 Å². The molecule has 0 bridgehead atoms. The summed E-state index contributed by atoms with van der Waals surface area (Å²) in [5, 5.41) is 2.98. The Hall–Kier alpha value is -2.76. The van der Waals surface area contributed by atoms with Crippen molar-refractivity contribution in [3.63, 3.8) is 0 Å². The molecular weight excluding hydrogens is 346 g/mol. The normalized spacial score (nSPS) is 17.0. The molecule has 0 radical (unpaired) electrons. The van der Waals surface area contributed by atoms with Crippen LogP contribution in [0.15, 0.2) is 22.6 Å². The molecule has 4 rings (SSSR count). The van der Waals surface area contributed by atoms with Gasteiger partial charge in [0, 0.05) is 19.3 Å². The molecule has 0 saturated carbocycles. The monoisotopic (exact) mass is 369 g/mol. The minimum atomic E-state index is -0.285. The molecular formula is C21H23NO5. The number of ether oxygens (including phenoxy) is 2. The van der Waals surface area contributed by atoms with Crippen molar-refractivity contribution in [2.24, 2.45) is 0 Å². The number of carbonyl (C=O) groups is 2. The van der Waals surface area contributed by atoms with Gasteiger partial charge in [-0.2, -0.15) is 0 Å². The average Bonchev–Trinajstić information content (AvgIpc) is 2.83. The topological polar surface area (TPSA) is 77.8 Å². The number of Topliss-reactive ketones (excluding diaryl/α,β-unsaturated/α-hetero) is 1. The summed E-state index contributed by atoms with van der Waals surface area (Å²) in [6, 6.07) is 5.43. The zero-order valence-electron chi connectivity index (χ0n) is 15.6. The van der Waals surface area contributed by atoms with Gasteiger partial charge in [0.1, 0.15) is 11.5 Å². The molecule has 142 valence electrons. The first-order chi connectivity index (χ1) is 13.0. The third-order valence-corrected chi connectivity index (χ3v) is 5.09. The van der Waals surface area contributed by atoms with Crippen molar-refractivity contribution in [2.45, 2.75) is 45.6 Å². The first kappa shape index (κ1) is 17.6. The van der Waals surface area contributed by atoms with Crippen molar-refractivity contribution in [2.75, 3.05) is 13.2 Å². The van der Waals surface area contributed by atoms with Crippen LogP contribution in [0.5, 0.6) is 11.5 Å².